The average Bonchev–Trinajstić information content (AvgIpc) is 3.33. The van der Waals surface area contributed by atoms with Gasteiger partial charge in [-0.25, -0.2) is 0 Å². The van der Waals surface area contributed by atoms with Crippen molar-refractivity contribution in [3.63, 3.8) is 0 Å². The first-order valence-corrected chi connectivity index (χ1v) is 10.3. The van der Waals surface area contributed by atoms with Crippen LogP contribution < -0.4 is 10.2 Å². The minimum Gasteiger partial charge on any atom is -0.320 e. The predicted molar refractivity (Wildman–Crippen MR) is 105 cm³/mol. The van der Waals surface area contributed by atoms with Gasteiger partial charge >= 0.3 is 0 Å². The van der Waals surface area contributed by atoms with Gasteiger partial charge in [-0.05, 0) is 55.3 Å². The van der Waals surface area contributed by atoms with E-state index in [-0.39, 0.29) is 11.6 Å². The van der Waals surface area contributed by atoms with Crippen molar-refractivity contribution in [3.8, 4) is 0 Å². The molecule has 1 saturated carbocycles. The van der Waals surface area contributed by atoms with E-state index >= 15 is 0 Å². The molecule has 1 amide bonds. The summed E-state index contributed by atoms with van der Waals surface area (Å²) in [5, 5.41) is 16.3. The van der Waals surface area contributed by atoms with Gasteiger partial charge in [0, 0.05) is 28.8 Å². The molecule has 1 fully saturated rings. The molecule has 2 aromatic rings. The van der Waals surface area contributed by atoms with Gasteiger partial charge in [0.15, 0.2) is 6.54 Å². The van der Waals surface area contributed by atoms with Crippen LogP contribution in [0.5, 0.6) is 0 Å². The first kappa shape index (κ1) is 18.1. The highest BCUT2D eigenvalue weighted by molar-refractivity contribution is 7.10. The molecule has 27 heavy (non-hydrogen) atoms. The van der Waals surface area contributed by atoms with Gasteiger partial charge in [0.05, 0.1) is 11.5 Å². The molecule has 4 rings (SSSR count). The van der Waals surface area contributed by atoms with Crippen molar-refractivity contribution in [1.29, 1.82) is 0 Å². The molecule has 2 heterocycles. The SMILES string of the molecule is Cc1cc(NC(=O)C[NH+]2CCc3sccc3[C@H]2C2CC2)c([N+](=O)[O-])cc1C. The summed E-state index contributed by atoms with van der Waals surface area (Å²) in [5.41, 5.74) is 3.44. The maximum absolute atomic E-state index is 12.7. The molecule has 0 spiro atoms. The Hall–Kier alpha value is -2.25. The number of nitrogens with zero attached hydrogens (tertiary/aromatic N) is 1. The lowest BCUT2D eigenvalue weighted by atomic mass is 9.96. The fourth-order valence-corrected chi connectivity index (χ4v) is 5.08. The molecule has 0 bridgehead atoms. The van der Waals surface area contributed by atoms with E-state index in [2.05, 4.69) is 16.8 Å². The third-order valence-corrected chi connectivity index (χ3v) is 6.79. The number of nitrogens with one attached hydrogen (secondary N) is 2. The number of hydrogen-bond acceptors (Lipinski definition) is 4. The van der Waals surface area contributed by atoms with Gasteiger partial charge in [-0.3, -0.25) is 14.9 Å². The van der Waals surface area contributed by atoms with E-state index in [0.717, 1.165) is 24.1 Å². The quantitative estimate of drug-likeness (QED) is 0.613. The summed E-state index contributed by atoms with van der Waals surface area (Å²) < 4.78 is 0. The zero-order chi connectivity index (χ0) is 19.1. The molecular formula is C20H24N3O3S+. The molecule has 1 aliphatic heterocycles. The predicted octanol–water partition coefficient (Wildman–Crippen LogP) is 2.80. The topological polar surface area (TPSA) is 76.7 Å². The van der Waals surface area contributed by atoms with E-state index in [9.17, 15) is 14.9 Å². The number of carbonyl (C=O) groups excluding carboxylic acids is 1. The number of anilines is 1. The number of amides is 1. The zero-order valence-corrected chi connectivity index (χ0v) is 16.4. The smallest absolute Gasteiger partial charge is 0.293 e. The summed E-state index contributed by atoms with van der Waals surface area (Å²) in [6.45, 7) is 5.02. The van der Waals surface area contributed by atoms with Crippen LogP contribution in [-0.2, 0) is 11.2 Å². The molecule has 2 N–H and O–H groups in total. The minimum atomic E-state index is -0.430. The second-order valence-corrected chi connectivity index (χ2v) is 8.71. The standard InChI is InChI=1S/C20H23N3O3S/c1-12-9-16(17(23(25)26)10-13(12)2)21-19(24)11-22-7-5-18-15(6-8-27-18)20(22)14-3-4-14/h6,8-10,14,20H,3-5,7,11H2,1-2H3,(H,21,24)/p+1/t20-/m1/s1. The summed E-state index contributed by atoms with van der Waals surface area (Å²) in [7, 11) is 0. The van der Waals surface area contributed by atoms with Crippen molar-refractivity contribution in [1.82, 2.24) is 0 Å². The van der Waals surface area contributed by atoms with Crippen LogP contribution in [0.15, 0.2) is 23.6 Å². The van der Waals surface area contributed by atoms with Crippen LogP contribution in [0.1, 0.15) is 40.5 Å². The number of nitro benzene ring substituents is 1. The van der Waals surface area contributed by atoms with Gasteiger partial charge in [-0.2, -0.15) is 0 Å². The van der Waals surface area contributed by atoms with E-state index in [1.165, 1.54) is 34.2 Å². The molecule has 2 atom stereocenters. The molecular weight excluding hydrogens is 362 g/mol. The third kappa shape index (κ3) is 3.61. The molecule has 1 aromatic carbocycles. The van der Waals surface area contributed by atoms with Crippen LogP contribution in [-0.4, -0.2) is 23.9 Å². The van der Waals surface area contributed by atoms with Gasteiger partial charge in [-0.15, -0.1) is 11.3 Å². The maximum atomic E-state index is 12.7. The second kappa shape index (κ2) is 7.05. The molecule has 0 saturated heterocycles. The Morgan fingerprint density at radius 1 is 1.33 bits per heavy atom. The number of carbonyl (C=O) groups is 1. The maximum Gasteiger partial charge on any atom is 0.293 e. The number of hydrogen-bond donors (Lipinski definition) is 2. The molecule has 2 aliphatic rings. The van der Waals surface area contributed by atoms with E-state index in [1.807, 2.05) is 25.2 Å². The van der Waals surface area contributed by atoms with Crippen LogP contribution in [0.25, 0.3) is 0 Å². The number of thiophene rings is 1. The van der Waals surface area contributed by atoms with E-state index < -0.39 is 4.92 Å². The van der Waals surface area contributed by atoms with Gasteiger partial charge in [-0.1, -0.05) is 0 Å². The number of aryl methyl sites for hydroxylation is 2. The lowest BCUT2D eigenvalue weighted by Gasteiger charge is -2.32. The number of fused-ring (bicyclic) bond motifs is 1. The monoisotopic (exact) mass is 386 g/mol. The molecule has 142 valence electrons. The van der Waals surface area contributed by atoms with E-state index in [4.69, 9.17) is 0 Å². The number of quaternary nitrogens is 1. The molecule has 7 heteroatoms. The number of rotatable bonds is 5. The van der Waals surface area contributed by atoms with Crippen LogP contribution in [0, 0.1) is 29.9 Å². The Kier molecular flexibility index (Phi) is 4.74. The van der Waals surface area contributed by atoms with Crippen molar-refractivity contribution in [3.05, 3.63) is 55.3 Å². The summed E-state index contributed by atoms with van der Waals surface area (Å²) in [6, 6.07) is 5.84. The third-order valence-electron chi connectivity index (χ3n) is 5.79. The van der Waals surface area contributed by atoms with Gasteiger partial charge in [0.25, 0.3) is 11.6 Å². The highest BCUT2D eigenvalue weighted by atomic mass is 32.1. The first-order valence-electron chi connectivity index (χ1n) is 9.40. The Morgan fingerprint density at radius 2 is 2.07 bits per heavy atom. The van der Waals surface area contributed by atoms with Crippen molar-refractivity contribution >= 4 is 28.6 Å². The molecule has 1 unspecified atom stereocenters. The van der Waals surface area contributed by atoms with E-state index in [0.29, 0.717) is 24.2 Å². The molecule has 6 nitrogen and oxygen atoms in total. The summed E-state index contributed by atoms with van der Waals surface area (Å²) >= 11 is 1.82. The fraction of sp³-hybridized carbons (Fsp3) is 0.450. The molecule has 1 aliphatic carbocycles. The summed E-state index contributed by atoms with van der Waals surface area (Å²) in [6.07, 6.45) is 3.46. The lowest BCUT2D eigenvalue weighted by molar-refractivity contribution is -0.928. The number of benzene rings is 1. The normalized spacial score (nSPS) is 21.6. The molecule has 1 aromatic heterocycles. The van der Waals surface area contributed by atoms with E-state index in [1.54, 1.807) is 6.07 Å². The Bertz CT molecular complexity index is 904. The van der Waals surface area contributed by atoms with Gasteiger partial charge < -0.3 is 10.2 Å². The van der Waals surface area contributed by atoms with Crippen LogP contribution in [0.3, 0.4) is 0 Å². The fourth-order valence-electron chi connectivity index (χ4n) is 4.15. The van der Waals surface area contributed by atoms with Crippen molar-refractivity contribution in [2.75, 3.05) is 18.4 Å². The Morgan fingerprint density at radius 3 is 2.78 bits per heavy atom. The summed E-state index contributed by atoms with van der Waals surface area (Å²) in [5.74, 6) is 0.512. The lowest BCUT2D eigenvalue weighted by Crippen LogP contribution is -3.14. The van der Waals surface area contributed by atoms with Crippen molar-refractivity contribution < 1.29 is 14.6 Å². The van der Waals surface area contributed by atoms with Gasteiger partial charge in [0.2, 0.25) is 0 Å². The van der Waals surface area contributed by atoms with Crippen LogP contribution >= 0.6 is 11.3 Å². The Labute approximate surface area is 162 Å². The molecule has 0 radical (unpaired) electrons. The highest BCUT2D eigenvalue weighted by Crippen LogP contribution is 2.42. The van der Waals surface area contributed by atoms with Gasteiger partial charge in [0.1, 0.15) is 11.7 Å². The summed E-state index contributed by atoms with van der Waals surface area (Å²) in [4.78, 5) is 26.4. The second-order valence-electron chi connectivity index (χ2n) is 7.71. The van der Waals surface area contributed by atoms with Crippen LogP contribution in [0.2, 0.25) is 0 Å². The van der Waals surface area contributed by atoms with Crippen molar-refractivity contribution in [2.45, 2.75) is 39.2 Å². The zero-order valence-electron chi connectivity index (χ0n) is 15.6. The highest BCUT2D eigenvalue weighted by Gasteiger charge is 2.43. The van der Waals surface area contributed by atoms with Crippen molar-refractivity contribution in [2.24, 2.45) is 5.92 Å². The number of nitro groups is 1. The largest absolute Gasteiger partial charge is 0.320 e. The van der Waals surface area contributed by atoms with Crippen LogP contribution in [0.4, 0.5) is 11.4 Å². The average molecular weight is 386 g/mol. The first-order chi connectivity index (χ1) is 12.9. The minimum absolute atomic E-state index is 0.0426. The Balaban J connectivity index is 1.52.